The molecule has 28 heavy (non-hydrogen) atoms. The molecule has 1 fully saturated rings. The fraction of sp³-hybridized carbons (Fsp3) is 0.684. The average molecular weight is 411 g/mol. The van der Waals surface area contributed by atoms with Gasteiger partial charge in [0.2, 0.25) is 0 Å². The molecule has 0 amide bonds. The van der Waals surface area contributed by atoms with Gasteiger partial charge in [-0.2, -0.15) is 18.0 Å². The monoisotopic (exact) mass is 410 g/mol. The van der Waals surface area contributed by atoms with Crippen LogP contribution in [0.4, 0.5) is 0 Å². The zero-order valence-electron chi connectivity index (χ0n) is 16.7. The zero-order valence-corrected chi connectivity index (χ0v) is 17.5. The maximum atomic E-state index is 11.3. The number of nitrogens with one attached hydrogen (secondary N) is 1. The van der Waals surface area contributed by atoms with Crippen LogP contribution < -0.4 is 5.32 Å². The van der Waals surface area contributed by atoms with Crippen molar-refractivity contribution in [3.63, 3.8) is 0 Å². The van der Waals surface area contributed by atoms with E-state index in [0.29, 0.717) is 18.2 Å². The highest BCUT2D eigenvalue weighted by molar-refractivity contribution is 7.83. The molecule has 3 N–H and O–H groups in total. The first-order chi connectivity index (χ1) is 13.0. The first kappa shape index (κ1) is 22.7. The van der Waals surface area contributed by atoms with Crippen LogP contribution in [0.1, 0.15) is 63.4 Å². The number of pyridine rings is 1. The average Bonchev–Trinajstić information content (AvgIpc) is 2.65. The molecule has 0 unspecified atom stereocenters. The number of β-amino-alcohol motifs (C(OH)–C–C–N with tert-alkyl or cyclic N) is 1. The van der Waals surface area contributed by atoms with E-state index in [9.17, 15) is 18.1 Å². The summed E-state index contributed by atoms with van der Waals surface area (Å²) in [5.41, 5.74) is 0.541. The number of hydrogen-bond donors (Lipinski definition) is 3. The second-order valence-corrected chi connectivity index (χ2v) is 9.68. The molecule has 0 saturated heterocycles. The molecule has 9 heteroatoms. The number of nitriles is 1. The van der Waals surface area contributed by atoms with E-state index in [1.165, 1.54) is 7.05 Å². The summed E-state index contributed by atoms with van der Waals surface area (Å²) in [6.07, 6.45) is 3.34. The zero-order chi connectivity index (χ0) is 20.9. The normalized spacial score (nSPS) is 22.0. The van der Waals surface area contributed by atoms with E-state index >= 15 is 0 Å². The van der Waals surface area contributed by atoms with E-state index in [1.807, 2.05) is 6.07 Å². The Morgan fingerprint density at radius 3 is 2.57 bits per heavy atom. The van der Waals surface area contributed by atoms with Crippen LogP contribution in [-0.2, 0) is 10.3 Å². The van der Waals surface area contributed by atoms with Gasteiger partial charge in [0.1, 0.15) is 17.9 Å². The van der Waals surface area contributed by atoms with Crippen LogP contribution in [0.2, 0.25) is 0 Å². The minimum Gasteiger partial charge on any atom is -0.385 e. The van der Waals surface area contributed by atoms with Crippen LogP contribution >= 0.6 is 0 Å². The molecule has 0 radical (unpaired) electrons. The molecule has 1 saturated carbocycles. The van der Waals surface area contributed by atoms with Crippen LogP contribution in [0, 0.1) is 17.2 Å². The molecule has 1 aromatic rings. The van der Waals surface area contributed by atoms with E-state index in [4.69, 9.17) is 5.26 Å². The summed E-state index contributed by atoms with van der Waals surface area (Å²) in [5.74, 6) is 0.450. The summed E-state index contributed by atoms with van der Waals surface area (Å²) in [4.78, 5) is 4.13. The van der Waals surface area contributed by atoms with Gasteiger partial charge in [-0.3, -0.25) is 4.55 Å². The van der Waals surface area contributed by atoms with Crippen LogP contribution in [-0.4, -0.2) is 52.5 Å². The fourth-order valence-corrected chi connectivity index (χ4v) is 4.46. The van der Waals surface area contributed by atoms with Crippen LogP contribution in [0.25, 0.3) is 0 Å². The van der Waals surface area contributed by atoms with Crippen molar-refractivity contribution in [1.29, 1.82) is 5.26 Å². The largest absolute Gasteiger partial charge is 0.385 e. The van der Waals surface area contributed by atoms with Crippen molar-refractivity contribution in [1.82, 2.24) is 14.6 Å². The Hall–Kier alpha value is -1.57. The van der Waals surface area contributed by atoms with E-state index in [-0.39, 0.29) is 17.3 Å². The highest BCUT2D eigenvalue weighted by atomic mass is 32.2. The summed E-state index contributed by atoms with van der Waals surface area (Å²) in [5, 5.41) is 22.7. The predicted octanol–water partition coefficient (Wildman–Crippen LogP) is 2.04. The van der Waals surface area contributed by atoms with Gasteiger partial charge < -0.3 is 10.4 Å². The van der Waals surface area contributed by atoms with E-state index in [0.717, 1.165) is 36.4 Å². The van der Waals surface area contributed by atoms with E-state index in [2.05, 4.69) is 24.1 Å². The lowest BCUT2D eigenvalue weighted by Crippen LogP contribution is -2.44. The summed E-state index contributed by atoms with van der Waals surface area (Å²) in [6.45, 7) is 4.49. The Morgan fingerprint density at radius 2 is 2.00 bits per heavy atom. The van der Waals surface area contributed by atoms with Crippen molar-refractivity contribution in [2.24, 2.45) is 5.92 Å². The first-order valence-electron chi connectivity index (χ1n) is 9.52. The van der Waals surface area contributed by atoms with Gasteiger partial charge in [-0.05, 0) is 64.0 Å². The second kappa shape index (κ2) is 9.29. The molecule has 156 valence electrons. The van der Waals surface area contributed by atoms with Crippen molar-refractivity contribution in [3.8, 4) is 6.07 Å². The fourth-order valence-electron chi connectivity index (χ4n) is 3.87. The van der Waals surface area contributed by atoms with Crippen molar-refractivity contribution >= 4 is 10.3 Å². The topological polar surface area (TPSA) is 127 Å². The summed E-state index contributed by atoms with van der Waals surface area (Å²) in [6, 6.07) is 6.83. The third kappa shape index (κ3) is 6.50. The van der Waals surface area contributed by atoms with Crippen molar-refractivity contribution in [2.45, 2.75) is 63.6 Å². The molecule has 0 spiro atoms. The van der Waals surface area contributed by atoms with E-state index < -0.39 is 16.4 Å². The minimum atomic E-state index is -4.14. The minimum absolute atomic E-state index is 0.150. The second-order valence-electron chi connectivity index (χ2n) is 8.21. The van der Waals surface area contributed by atoms with Gasteiger partial charge in [-0.15, -0.1) is 0 Å². The lowest BCUT2D eigenvalue weighted by Gasteiger charge is -2.37. The van der Waals surface area contributed by atoms with Gasteiger partial charge in [-0.25, -0.2) is 4.98 Å². The molecule has 8 nitrogen and oxygen atoms in total. The highest BCUT2D eigenvalue weighted by Gasteiger charge is 2.32. The number of nitrogens with zero attached hydrogens (tertiary/aromatic N) is 3. The number of aliphatic hydroxyl groups is 1. The lowest BCUT2D eigenvalue weighted by atomic mass is 9.79. The molecule has 0 aliphatic heterocycles. The smallest absolute Gasteiger partial charge is 0.335 e. The maximum absolute atomic E-state index is 11.3. The molecule has 1 atom stereocenters. The Kier molecular flexibility index (Phi) is 7.53. The number of rotatable bonds is 8. The molecule has 1 aromatic heterocycles. The first-order valence-corrected chi connectivity index (χ1v) is 10.9. The molecule has 1 aliphatic rings. The summed E-state index contributed by atoms with van der Waals surface area (Å²) < 4.78 is 32.8. The van der Waals surface area contributed by atoms with Gasteiger partial charge in [0.05, 0.1) is 5.69 Å². The number of aromatic nitrogens is 1. The Labute approximate surface area is 167 Å². The van der Waals surface area contributed by atoms with Crippen molar-refractivity contribution in [3.05, 3.63) is 29.6 Å². The Bertz CT molecular complexity index is 798. The van der Waals surface area contributed by atoms with Gasteiger partial charge in [0, 0.05) is 25.2 Å². The summed E-state index contributed by atoms with van der Waals surface area (Å²) in [7, 11) is -2.72. The third-order valence-electron chi connectivity index (χ3n) is 5.49. The maximum Gasteiger partial charge on any atom is 0.335 e. The van der Waals surface area contributed by atoms with Gasteiger partial charge in [0.15, 0.2) is 0 Å². The molecule has 1 aliphatic carbocycles. The quantitative estimate of drug-likeness (QED) is 0.560. The summed E-state index contributed by atoms with van der Waals surface area (Å²) >= 11 is 0. The van der Waals surface area contributed by atoms with Crippen LogP contribution in [0.15, 0.2) is 18.2 Å². The SMILES string of the molecule is CN(C1CCC(CC(C)(C)NC[C@H](O)c2cccc(C#N)n2)CC1)S(=O)(=O)O. The highest BCUT2D eigenvalue weighted by Crippen LogP contribution is 2.33. The Balaban J connectivity index is 1.83. The predicted molar refractivity (Wildman–Crippen MR) is 106 cm³/mol. The molecule has 0 bridgehead atoms. The molecular formula is C19H30N4O4S. The van der Waals surface area contributed by atoms with Crippen molar-refractivity contribution in [2.75, 3.05) is 13.6 Å². The Morgan fingerprint density at radius 1 is 1.36 bits per heavy atom. The van der Waals surface area contributed by atoms with Crippen molar-refractivity contribution < 1.29 is 18.1 Å². The third-order valence-corrected chi connectivity index (χ3v) is 6.52. The molecular weight excluding hydrogens is 380 g/mol. The van der Waals surface area contributed by atoms with Gasteiger partial charge >= 0.3 is 10.3 Å². The molecule has 2 rings (SSSR count). The van der Waals surface area contributed by atoms with Gasteiger partial charge in [-0.1, -0.05) is 6.07 Å². The van der Waals surface area contributed by atoms with Crippen LogP contribution in [0.5, 0.6) is 0 Å². The molecule has 1 heterocycles. The van der Waals surface area contributed by atoms with Gasteiger partial charge in [0.25, 0.3) is 0 Å². The van der Waals surface area contributed by atoms with Crippen LogP contribution in [0.3, 0.4) is 0 Å². The number of hydrogen-bond acceptors (Lipinski definition) is 6. The standard InChI is InChI=1S/C19H30N4O4S/c1-19(2,21-13-18(24)17-6-4-5-15(12-20)22-17)11-14-7-9-16(10-8-14)23(3)28(25,26)27/h4-6,14,16,18,21,24H,7-11,13H2,1-3H3,(H,25,26,27)/t14?,16?,18-/m0/s1. The number of aliphatic hydroxyl groups excluding tert-OH is 1. The molecule has 0 aromatic carbocycles. The van der Waals surface area contributed by atoms with E-state index in [1.54, 1.807) is 18.2 Å². The lowest BCUT2D eigenvalue weighted by molar-refractivity contribution is 0.142.